The number of halogens is 1. The quantitative estimate of drug-likeness (QED) is 0.765. The first-order valence-corrected chi connectivity index (χ1v) is 6.70. The molecule has 2 rings (SSSR count). The predicted octanol–water partition coefficient (Wildman–Crippen LogP) is 2.04. The number of Topliss-reactive ketones (excluding diaryl/α,β-unsaturated/α-hetero) is 1. The first-order valence-electron chi connectivity index (χ1n) is 6.70. The molecule has 5 nitrogen and oxygen atoms in total. The van der Waals surface area contributed by atoms with Crippen molar-refractivity contribution >= 4 is 11.8 Å². The molecule has 0 radical (unpaired) electrons. The van der Waals surface area contributed by atoms with Crippen LogP contribution >= 0.6 is 0 Å². The maximum absolute atomic E-state index is 12.9. The Morgan fingerprint density at radius 3 is 2.55 bits per heavy atom. The summed E-state index contributed by atoms with van der Waals surface area (Å²) in [4.78, 5) is 27.2. The summed E-state index contributed by atoms with van der Waals surface area (Å²) in [5.41, 5.74) is 1.11. The fourth-order valence-corrected chi connectivity index (χ4v) is 1.99. The van der Waals surface area contributed by atoms with Gasteiger partial charge in [-0.2, -0.15) is 0 Å². The molecular weight excluding hydrogens is 287 g/mol. The molecule has 0 spiro atoms. The maximum Gasteiger partial charge on any atom is 0.305 e. The summed E-state index contributed by atoms with van der Waals surface area (Å²) in [5, 5.41) is 11.9. The number of hydrogen-bond donors (Lipinski definition) is 2. The molecule has 0 aliphatic carbocycles. The van der Waals surface area contributed by atoms with E-state index in [1.54, 1.807) is 18.5 Å². The summed E-state index contributed by atoms with van der Waals surface area (Å²) in [5.74, 6) is -1.92. The van der Waals surface area contributed by atoms with E-state index < -0.39 is 17.8 Å². The molecule has 114 valence electrons. The lowest BCUT2D eigenvalue weighted by Gasteiger charge is -2.16. The maximum atomic E-state index is 12.9. The van der Waals surface area contributed by atoms with Gasteiger partial charge in [0, 0.05) is 24.5 Å². The van der Waals surface area contributed by atoms with Crippen LogP contribution in [0.3, 0.4) is 0 Å². The van der Waals surface area contributed by atoms with Crippen LogP contribution in [0.15, 0.2) is 48.8 Å². The van der Waals surface area contributed by atoms with E-state index in [4.69, 9.17) is 5.11 Å². The minimum Gasteiger partial charge on any atom is -0.481 e. The van der Waals surface area contributed by atoms with E-state index in [0.29, 0.717) is 6.54 Å². The van der Waals surface area contributed by atoms with Gasteiger partial charge in [0.25, 0.3) is 0 Å². The number of carbonyl (C=O) groups excluding carboxylic acids is 1. The zero-order valence-electron chi connectivity index (χ0n) is 11.7. The minimum absolute atomic E-state index is 0.270. The standard InChI is InChI=1S/C16H15FN2O3/c17-13-5-3-12(4-6-13)16(22)14(8-15(20)21)19-10-11-2-1-7-18-9-11/h1-7,9,14,19H,8,10H2,(H,20,21). The molecule has 6 heteroatoms. The van der Waals surface area contributed by atoms with Crippen LogP contribution in [0.25, 0.3) is 0 Å². The smallest absolute Gasteiger partial charge is 0.305 e. The first-order chi connectivity index (χ1) is 10.6. The highest BCUT2D eigenvalue weighted by Gasteiger charge is 2.22. The Kier molecular flexibility index (Phi) is 5.32. The second kappa shape index (κ2) is 7.42. The number of benzene rings is 1. The highest BCUT2D eigenvalue weighted by Crippen LogP contribution is 2.09. The lowest BCUT2D eigenvalue weighted by atomic mass is 10.0. The van der Waals surface area contributed by atoms with Crippen LogP contribution in [0.5, 0.6) is 0 Å². The molecule has 1 atom stereocenters. The minimum atomic E-state index is -1.08. The Morgan fingerprint density at radius 2 is 1.95 bits per heavy atom. The lowest BCUT2D eigenvalue weighted by molar-refractivity contribution is -0.137. The Balaban J connectivity index is 2.09. The van der Waals surface area contributed by atoms with Crippen LogP contribution in [-0.2, 0) is 11.3 Å². The highest BCUT2D eigenvalue weighted by atomic mass is 19.1. The SMILES string of the molecule is O=C(O)CC(NCc1cccnc1)C(=O)c1ccc(F)cc1. The molecular formula is C16H15FN2O3. The van der Waals surface area contributed by atoms with Crippen LogP contribution in [0, 0.1) is 5.82 Å². The Hall–Kier alpha value is -2.60. The van der Waals surface area contributed by atoms with Gasteiger partial charge in [-0.15, -0.1) is 0 Å². The van der Waals surface area contributed by atoms with E-state index >= 15 is 0 Å². The number of hydrogen-bond acceptors (Lipinski definition) is 4. The van der Waals surface area contributed by atoms with Crippen molar-refractivity contribution < 1.29 is 19.1 Å². The number of carboxylic acid groups (broad SMARTS) is 1. The molecule has 1 unspecified atom stereocenters. The molecule has 1 aromatic heterocycles. The average Bonchev–Trinajstić information content (AvgIpc) is 2.52. The van der Waals surface area contributed by atoms with Crippen LogP contribution in [-0.4, -0.2) is 27.9 Å². The number of aromatic nitrogens is 1. The Labute approximate surface area is 126 Å². The van der Waals surface area contributed by atoms with Crippen molar-refractivity contribution in [2.45, 2.75) is 19.0 Å². The van der Waals surface area contributed by atoms with Gasteiger partial charge < -0.3 is 10.4 Å². The molecule has 22 heavy (non-hydrogen) atoms. The Bertz CT molecular complexity index is 644. The molecule has 0 amide bonds. The van der Waals surface area contributed by atoms with Crippen LogP contribution < -0.4 is 5.32 Å². The summed E-state index contributed by atoms with van der Waals surface area (Å²) in [7, 11) is 0. The molecule has 0 aliphatic rings. The van der Waals surface area contributed by atoms with Gasteiger partial charge in [0.1, 0.15) is 5.82 Å². The van der Waals surface area contributed by atoms with E-state index in [0.717, 1.165) is 5.56 Å². The second-order valence-corrected chi connectivity index (χ2v) is 4.76. The first kappa shape index (κ1) is 15.8. The summed E-state index contributed by atoms with van der Waals surface area (Å²) in [6, 6.07) is 7.73. The van der Waals surface area contributed by atoms with Gasteiger partial charge >= 0.3 is 5.97 Å². The number of rotatable bonds is 7. The predicted molar refractivity (Wildman–Crippen MR) is 77.8 cm³/mol. The lowest BCUT2D eigenvalue weighted by Crippen LogP contribution is -2.38. The largest absolute Gasteiger partial charge is 0.481 e. The molecule has 0 bridgehead atoms. The van der Waals surface area contributed by atoms with Gasteiger partial charge in [0.2, 0.25) is 0 Å². The molecule has 0 saturated heterocycles. The molecule has 0 fully saturated rings. The third-order valence-electron chi connectivity index (χ3n) is 3.10. The monoisotopic (exact) mass is 302 g/mol. The molecule has 2 aromatic rings. The molecule has 1 aromatic carbocycles. The number of nitrogens with one attached hydrogen (secondary N) is 1. The van der Waals surface area contributed by atoms with Gasteiger partial charge in [-0.25, -0.2) is 4.39 Å². The highest BCUT2D eigenvalue weighted by molar-refractivity contribution is 6.01. The van der Waals surface area contributed by atoms with Gasteiger partial charge in [0.05, 0.1) is 12.5 Å². The van der Waals surface area contributed by atoms with Crippen molar-refractivity contribution in [3.8, 4) is 0 Å². The van der Waals surface area contributed by atoms with Crippen molar-refractivity contribution in [2.24, 2.45) is 0 Å². The number of ketones is 1. The number of pyridine rings is 1. The normalized spacial score (nSPS) is 11.9. The van der Waals surface area contributed by atoms with Gasteiger partial charge in [-0.1, -0.05) is 6.07 Å². The molecule has 1 heterocycles. The van der Waals surface area contributed by atoms with Crippen molar-refractivity contribution in [3.63, 3.8) is 0 Å². The van der Waals surface area contributed by atoms with E-state index in [1.165, 1.54) is 24.3 Å². The van der Waals surface area contributed by atoms with Crippen LogP contribution in [0.2, 0.25) is 0 Å². The van der Waals surface area contributed by atoms with Crippen molar-refractivity contribution in [1.82, 2.24) is 10.3 Å². The fraction of sp³-hybridized carbons (Fsp3) is 0.188. The van der Waals surface area contributed by atoms with E-state index in [1.807, 2.05) is 6.07 Å². The topological polar surface area (TPSA) is 79.3 Å². The second-order valence-electron chi connectivity index (χ2n) is 4.76. The van der Waals surface area contributed by atoms with Gasteiger partial charge in [0.15, 0.2) is 5.78 Å². The van der Waals surface area contributed by atoms with E-state index in [2.05, 4.69) is 10.3 Å². The van der Waals surface area contributed by atoms with Gasteiger partial charge in [-0.3, -0.25) is 14.6 Å². The van der Waals surface area contributed by atoms with Crippen LogP contribution in [0.4, 0.5) is 4.39 Å². The number of carbonyl (C=O) groups is 2. The summed E-state index contributed by atoms with van der Waals surface area (Å²) >= 11 is 0. The number of nitrogens with zero attached hydrogens (tertiary/aromatic N) is 1. The molecule has 0 aliphatic heterocycles. The van der Waals surface area contributed by atoms with Crippen LogP contribution in [0.1, 0.15) is 22.3 Å². The zero-order chi connectivity index (χ0) is 15.9. The average molecular weight is 302 g/mol. The van der Waals surface area contributed by atoms with Crippen molar-refractivity contribution in [2.75, 3.05) is 0 Å². The molecule has 2 N–H and O–H groups in total. The number of aliphatic carboxylic acids is 1. The summed E-state index contributed by atoms with van der Waals surface area (Å²) < 4.78 is 12.9. The fourth-order valence-electron chi connectivity index (χ4n) is 1.99. The van der Waals surface area contributed by atoms with Crippen molar-refractivity contribution in [1.29, 1.82) is 0 Å². The zero-order valence-corrected chi connectivity index (χ0v) is 11.7. The molecule has 0 saturated carbocycles. The van der Waals surface area contributed by atoms with Gasteiger partial charge in [-0.05, 0) is 35.9 Å². The van der Waals surface area contributed by atoms with E-state index in [-0.39, 0.29) is 17.8 Å². The van der Waals surface area contributed by atoms with E-state index in [9.17, 15) is 14.0 Å². The summed E-state index contributed by atoms with van der Waals surface area (Å²) in [6.07, 6.45) is 2.91. The number of carboxylic acids is 1. The summed E-state index contributed by atoms with van der Waals surface area (Å²) in [6.45, 7) is 0.318. The Morgan fingerprint density at radius 1 is 1.23 bits per heavy atom. The van der Waals surface area contributed by atoms with Crippen molar-refractivity contribution in [3.05, 3.63) is 65.7 Å². The third-order valence-corrected chi connectivity index (χ3v) is 3.10. The third kappa shape index (κ3) is 4.46.